The van der Waals surface area contributed by atoms with Crippen LogP contribution in [0.2, 0.25) is 0 Å². The minimum absolute atomic E-state index is 0.127. The van der Waals surface area contributed by atoms with Crippen molar-refractivity contribution in [3.05, 3.63) is 292 Å². The summed E-state index contributed by atoms with van der Waals surface area (Å²) in [5, 5.41) is 9.48. The Bertz CT molecular complexity index is 5280. The maximum absolute atomic E-state index is 14.8. The third-order valence-electron chi connectivity index (χ3n) is 22.9. The fourth-order valence-electron chi connectivity index (χ4n) is 15.2. The van der Waals surface area contributed by atoms with E-state index in [2.05, 4.69) is 55.4 Å². The zero-order valence-electron chi connectivity index (χ0n) is 75.8. The van der Waals surface area contributed by atoms with Crippen LogP contribution in [0.5, 0.6) is 0 Å². The molecule has 0 fully saturated rings. The zero-order chi connectivity index (χ0) is 91.8. The van der Waals surface area contributed by atoms with Gasteiger partial charge in [0.25, 0.3) is 53.2 Å². The Balaban J connectivity index is 0.788. The number of nitrogens with two attached hydrogens (primary N) is 2. The van der Waals surface area contributed by atoms with E-state index in [1.54, 1.807) is 269 Å². The number of unbranched alkanes of at least 4 members (excludes halogenated alkanes) is 9. The Morgan fingerprint density at radius 2 is 0.305 bits per heavy atom. The molecule has 0 aromatic heterocycles. The number of carbonyl (C=O) groups excluding carboxylic acids is 9. The van der Waals surface area contributed by atoms with Gasteiger partial charge in [-0.2, -0.15) is 0 Å². The van der Waals surface area contributed by atoms with Gasteiger partial charge in [-0.1, -0.05) is 120 Å². The van der Waals surface area contributed by atoms with Crippen molar-refractivity contribution in [1.29, 1.82) is 0 Å². The first kappa shape index (κ1) is 96.7. The molecular weight excluding hydrogens is 1600 g/mol. The molecule has 22 nitrogen and oxygen atoms in total. The van der Waals surface area contributed by atoms with E-state index in [-0.39, 0.29) is 58.7 Å². The monoisotopic (exact) mass is 1730 g/mol. The number of hydrogen-bond donors (Lipinski definition) is 3. The molecule has 0 spiro atoms. The number of nitrogens with zero attached hydrogens (tertiary/aromatic N) is 9. The summed E-state index contributed by atoms with van der Waals surface area (Å²) in [6.45, 7) is 22.4. The van der Waals surface area contributed by atoms with Crippen LogP contribution in [0.15, 0.2) is 237 Å². The van der Waals surface area contributed by atoms with E-state index in [0.717, 1.165) is 96.3 Å². The SMILES string of the molecule is CCCCN(C(=O)c1ccc(N(CCCC)C(=O)c2ccc(N(CCCC)C(=O)c3ccc(N(CCCC)C(=O)c4ccc(N(CCCC)C(=O)c5ccc(N(CCCC)C(=O)c6ccc(N(CCCC)C(=O)c7ccc(N(CCCC)C(=O)c8ccc(N(CCCC)C(=O)c9cc(N)cc(N)c9)cc8)cc7)cc6)cc5)cc4)cc3)cc2)cc1)c1ccc(C(=O)O)cc1. The summed E-state index contributed by atoms with van der Waals surface area (Å²) in [5.74, 6) is -3.18. The second-order valence-electron chi connectivity index (χ2n) is 32.4. The van der Waals surface area contributed by atoms with Crippen LogP contribution in [-0.2, 0) is 0 Å². The number of amides is 9. The largest absolute Gasteiger partial charge is 0.478 e. The lowest BCUT2D eigenvalue weighted by Crippen LogP contribution is -2.34. The standard InChI is InChI=1S/C106H125N11O11/c1-10-19-64-109(88-46-28-76(29-47-88)98(119)110(65-20-11-2)90-50-32-78(33-51-90)100(121)112(67-22-13-4)92-54-36-80(37-55-92)102(123)114(69-24-15-6)94-58-40-82(41-59-94)104(125)116(71-26-17-8)96-62-44-84(45-63-96)106(127)128)97(118)77-30-48-89(49-31-77)111(66-21-12-3)99(120)79-34-52-91(53-35-79)113(68-23-14-5)101(122)81-38-56-93(57-39-81)115(70-25-16-7)103(124)83-42-60-95(61-43-83)117(72-27-18-9)105(126)85-73-86(107)75-87(108)74-85/h28-63,73-75H,10-27,64-72,107-108H2,1-9H3,(H,127,128). The molecule has 0 aliphatic rings. The Morgan fingerprint density at radius 3 is 0.422 bits per heavy atom. The van der Waals surface area contributed by atoms with Gasteiger partial charge in [-0.15, -0.1) is 0 Å². The van der Waals surface area contributed by atoms with Crippen LogP contribution in [0.3, 0.4) is 0 Å². The van der Waals surface area contributed by atoms with Crippen molar-refractivity contribution in [1.82, 2.24) is 0 Å². The number of hydrogen-bond acceptors (Lipinski definition) is 12. The minimum Gasteiger partial charge on any atom is -0.478 e. The summed E-state index contributed by atoms with van der Waals surface area (Å²) < 4.78 is 0. The number of carbonyl (C=O) groups is 10. The van der Waals surface area contributed by atoms with Crippen LogP contribution in [0.25, 0.3) is 0 Å². The van der Waals surface area contributed by atoms with E-state index in [4.69, 9.17) is 11.5 Å². The van der Waals surface area contributed by atoms with Crippen molar-refractivity contribution in [3.63, 3.8) is 0 Å². The number of anilines is 11. The molecule has 0 aliphatic heterocycles. The van der Waals surface area contributed by atoms with E-state index >= 15 is 0 Å². The average Bonchev–Trinajstić information content (AvgIpc) is 0.824. The van der Waals surface area contributed by atoms with Crippen LogP contribution in [-0.4, -0.2) is 123 Å². The van der Waals surface area contributed by atoms with Crippen molar-refractivity contribution in [2.75, 3.05) is 114 Å². The minimum atomic E-state index is -1.05. The summed E-state index contributed by atoms with van der Waals surface area (Å²) >= 11 is 0. The highest BCUT2D eigenvalue weighted by atomic mass is 16.4. The van der Waals surface area contributed by atoms with Crippen molar-refractivity contribution >= 4 is 122 Å². The first-order valence-corrected chi connectivity index (χ1v) is 45.7. The molecule has 10 aromatic carbocycles. The number of benzene rings is 10. The van der Waals surface area contributed by atoms with Gasteiger partial charge in [-0.25, -0.2) is 4.79 Å². The molecule has 0 heterocycles. The summed E-state index contributed by atoms with van der Waals surface area (Å²) in [6.07, 6.45) is 14.1. The maximum atomic E-state index is 14.8. The third-order valence-corrected chi connectivity index (χ3v) is 22.9. The van der Waals surface area contributed by atoms with E-state index in [1.165, 1.54) is 12.1 Å². The predicted molar refractivity (Wildman–Crippen MR) is 519 cm³/mol. The molecule has 10 rings (SSSR count). The van der Waals surface area contributed by atoms with Gasteiger partial charge in [0.2, 0.25) is 0 Å². The highest BCUT2D eigenvalue weighted by molar-refractivity contribution is 6.14. The molecule has 0 radical (unpaired) electrons. The van der Waals surface area contributed by atoms with Crippen LogP contribution >= 0.6 is 0 Å². The Morgan fingerprint density at radius 1 is 0.188 bits per heavy atom. The van der Waals surface area contributed by atoms with E-state index in [1.807, 2.05) is 6.92 Å². The van der Waals surface area contributed by atoms with Gasteiger partial charge in [0.15, 0.2) is 0 Å². The first-order chi connectivity index (χ1) is 62.0. The molecule has 5 N–H and O–H groups in total. The van der Waals surface area contributed by atoms with E-state index < -0.39 is 5.97 Å². The highest BCUT2D eigenvalue weighted by Crippen LogP contribution is 2.33. The lowest BCUT2D eigenvalue weighted by atomic mass is 10.1. The number of rotatable bonds is 46. The Labute approximate surface area is 755 Å². The second-order valence-corrected chi connectivity index (χ2v) is 32.4. The van der Waals surface area contributed by atoms with Crippen molar-refractivity contribution < 1.29 is 53.1 Å². The molecule has 0 aliphatic carbocycles. The van der Waals surface area contributed by atoms with Gasteiger partial charge >= 0.3 is 5.97 Å². The molecule has 0 unspecified atom stereocenters. The van der Waals surface area contributed by atoms with Gasteiger partial charge in [0.05, 0.1) is 5.56 Å². The van der Waals surface area contributed by atoms with Crippen molar-refractivity contribution in [2.24, 2.45) is 0 Å². The van der Waals surface area contributed by atoms with Crippen LogP contribution < -0.4 is 55.6 Å². The topological polar surface area (TPSA) is 272 Å². The van der Waals surface area contributed by atoms with E-state index in [0.29, 0.717) is 191 Å². The molecule has 9 amide bonds. The molecule has 670 valence electrons. The number of carboxylic acid groups (broad SMARTS) is 1. The van der Waals surface area contributed by atoms with Gasteiger partial charge in [-0.05, 0) is 294 Å². The number of aromatic carboxylic acids is 1. The van der Waals surface area contributed by atoms with Gasteiger partial charge in [0, 0.05) is 172 Å². The molecule has 128 heavy (non-hydrogen) atoms. The Kier molecular flexibility index (Phi) is 36.5. The molecule has 0 saturated carbocycles. The fourth-order valence-corrected chi connectivity index (χ4v) is 15.2. The number of carboxylic acids is 1. The molecule has 10 aromatic rings. The van der Waals surface area contributed by atoms with Crippen molar-refractivity contribution in [2.45, 2.75) is 178 Å². The maximum Gasteiger partial charge on any atom is 0.335 e. The fraction of sp³-hybridized carbons (Fsp3) is 0.340. The molecule has 0 saturated heterocycles. The van der Waals surface area contributed by atoms with Crippen molar-refractivity contribution in [3.8, 4) is 0 Å². The average molecular weight is 1730 g/mol. The summed E-state index contributed by atoms with van der Waals surface area (Å²) in [4.78, 5) is 157. The summed E-state index contributed by atoms with van der Waals surface area (Å²) in [5.41, 5.74) is 22.4. The number of nitrogen functional groups attached to an aromatic ring is 2. The highest BCUT2D eigenvalue weighted by Gasteiger charge is 2.30. The smallest absolute Gasteiger partial charge is 0.335 e. The lowest BCUT2D eigenvalue weighted by molar-refractivity contribution is 0.0694. The molecule has 22 heteroatoms. The van der Waals surface area contributed by atoms with Crippen LogP contribution in [0.1, 0.15) is 281 Å². The first-order valence-electron chi connectivity index (χ1n) is 45.7. The quantitative estimate of drug-likeness (QED) is 0.0300. The predicted octanol–water partition coefficient (Wildman–Crippen LogP) is 22.6. The molecule has 0 atom stereocenters. The normalized spacial score (nSPS) is 11.0. The van der Waals surface area contributed by atoms with Crippen LogP contribution in [0, 0.1) is 0 Å². The summed E-state index contributed by atoms with van der Waals surface area (Å²) in [7, 11) is 0. The Hall–Kier alpha value is -13.5. The lowest BCUT2D eigenvalue weighted by Gasteiger charge is -2.26. The van der Waals surface area contributed by atoms with E-state index in [9.17, 15) is 53.1 Å². The molecular formula is C106H125N11O11. The second kappa shape index (κ2) is 48.3. The third kappa shape index (κ3) is 25.0. The van der Waals surface area contributed by atoms with Gasteiger partial charge in [-0.3, -0.25) is 43.2 Å². The van der Waals surface area contributed by atoms with Gasteiger partial charge < -0.3 is 60.7 Å². The summed E-state index contributed by atoms with van der Waals surface area (Å²) in [6, 6.07) is 67.6. The zero-order valence-corrected chi connectivity index (χ0v) is 75.8. The van der Waals surface area contributed by atoms with Crippen LogP contribution in [0.4, 0.5) is 62.6 Å². The molecule has 0 bridgehead atoms. The van der Waals surface area contributed by atoms with Gasteiger partial charge in [0.1, 0.15) is 0 Å².